The molecule has 1 heterocycles. The highest BCUT2D eigenvalue weighted by atomic mass is 35.5. The summed E-state index contributed by atoms with van der Waals surface area (Å²) in [6, 6.07) is 7.14. The van der Waals surface area contributed by atoms with Gasteiger partial charge < -0.3 is 4.90 Å². The third kappa shape index (κ3) is 2.86. The summed E-state index contributed by atoms with van der Waals surface area (Å²) in [5, 5.41) is 9.93. The van der Waals surface area contributed by atoms with E-state index in [0.29, 0.717) is 22.7 Å². The smallest absolute Gasteiger partial charge is 0.162 e. The molecule has 19 heavy (non-hydrogen) atoms. The third-order valence-corrected chi connectivity index (χ3v) is 4.08. The van der Waals surface area contributed by atoms with Crippen LogP contribution in [0.25, 0.3) is 0 Å². The van der Waals surface area contributed by atoms with Gasteiger partial charge in [-0.1, -0.05) is 23.7 Å². The molecule has 2 aromatic rings. The first kappa shape index (κ1) is 13.8. The maximum Gasteiger partial charge on any atom is 0.162 e. The number of hydrogen-bond donors (Lipinski definition) is 0. The van der Waals surface area contributed by atoms with Crippen molar-refractivity contribution in [2.24, 2.45) is 0 Å². The minimum atomic E-state index is -0.228. The molecular weight excluding hydrogens is 285 g/mol. The van der Waals surface area contributed by atoms with E-state index in [-0.39, 0.29) is 11.0 Å². The number of hydrogen-bond acceptors (Lipinski definition) is 4. The van der Waals surface area contributed by atoms with Gasteiger partial charge in [-0.25, -0.2) is 4.39 Å². The van der Waals surface area contributed by atoms with Crippen LogP contribution < -0.4 is 4.90 Å². The van der Waals surface area contributed by atoms with Crippen molar-refractivity contribution in [3.05, 3.63) is 45.9 Å². The van der Waals surface area contributed by atoms with Gasteiger partial charge in [0.25, 0.3) is 0 Å². The Morgan fingerprint density at radius 1 is 1.53 bits per heavy atom. The summed E-state index contributed by atoms with van der Waals surface area (Å²) in [6.45, 7) is 2.21. The predicted molar refractivity (Wildman–Crippen MR) is 75.1 cm³/mol. The lowest BCUT2D eigenvalue weighted by Crippen LogP contribution is -2.16. The van der Waals surface area contributed by atoms with E-state index >= 15 is 0 Å². The third-order valence-electron chi connectivity index (χ3n) is 2.75. The van der Waals surface area contributed by atoms with Crippen LogP contribution in [0, 0.1) is 24.1 Å². The molecule has 0 spiro atoms. The van der Waals surface area contributed by atoms with Crippen LogP contribution in [0.4, 0.5) is 9.39 Å². The van der Waals surface area contributed by atoms with Crippen molar-refractivity contribution in [1.82, 2.24) is 4.37 Å². The number of halogens is 2. The molecule has 6 heteroatoms. The van der Waals surface area contributed by atoms with Crippen LogP contribution in [0.15, 0.2) is 18.2 Å². The van der Waals surface area contributed by atoms with Gasteiger partial charge in [-0.05, 0) is 35.6 Å². The number of anilines is 1. The summed E-state index contributed by atoms with van der Waals surface area (Å²) in [5.41, 5.74) is 1.81. The van der Waals surface area contributed by atoms with Crippen molar-refractivity contribution in [2.45, 2.75) is 13.5 Å². The van der Waals surface area contributed by atoms with Crippen molar-refractivity contribution in [1.29, 1.82) is 5.26 Å². The van der Waals surface area contributed by atoms with Crippen molar-refractivity contribution >= 4 is 28.1 Å². The van der Waals surface area contributed by atoms with E-state index in [1.165, 1.54) is 6.07 Å². The van der Waals surface area contributed by atoms with Gasteiger partial charge >= 0.3 is 0 Å². The van der Waals surface area contributed by atoms with Gasteiger partial charge in [0.15, 0.2) is 5.15 Å². The number of aryl methyl sites for hydroxylation is 1. The van der Waals surface area contributed by atoms with E-state index in [1.54, 1.807) is 13.0 Å². The molecule has 0 radical (unpaired) electrons. The zero-order valence-corrected chi connectivity index (χ0v) is 12.0. The van der Waals surface area contributed by atoms with Crippen LogP contribution in [0.1, 0.15) is 16.7 Å². The first-order valence-electron chi connectivity index (χ1n) is 5.54. The normalized spacial score (nSPS) is 10.3. The second kappa shape index (κ2) is 5.55. The highest BCUT2D eigenvalue weighted by molar-refractivity contribution is 7.10. The van der Waals surface area contributed by atoms with Gasteiger partial charge in [0, 0.05) is 13.6 Å². The Balaban J connectivity index is 2.23. The van der Waals surface area contributed by atoms with Crippen LogP contribution in [0.3, 0.4) is 0 Å². The molecule has 0 atom stereocenters. The largest absolute Gasteiger partial charge is 0.360 e. The molecule has 0 N–H and O–H groups in total. The molecule has 0 aliphatic heterocycles. The minimum absolute atomic E-state index is 0.212. The Hall–Kier alpha value is -1.64. The number of aromatic nitrogens is 1. The molecule has 0 unspecified atom stereocenters. The lowest BCUT2D eigenvalue weighted by molar-refractivity contribution is 0.616. The molecule has 1 aromatic carbocycles. The quantitative estimate of drug-likeness (QED) is 0.866. The number of nitrogens with zero attached hydrogens (tertiary/aromatic N) is 3. The molecule has 0 saturated carbocycles. The molecule has 0 fully saturated rings. The molecule has 0 saturated heterocycles. The van der Waals surface area contributed by atoms with Gasteiger partial charge in [-0.15, -0.1) is 0 Å². The monoisotopic (exact) mass is 295 g/mol. The van der Waals surface area contributed by atoms with Gasteiger partial charge in [0.1, 0.15) is 22.5 Å². The molecule has 3 nitrogen and oxygen atoms in total. The van der Waals surface area contributed by atoms with Crippen LogP contribution in [0.2, 0.25) is 5.15 Å². The lowest BCUT2D eigenvalue weighted by Gasteiger charge is -2.17. The number of benzene rings is 1. The fraction of sp³-hybridized carbons (Fsp3) is 0.231. The zero-order chi connectivity index (χ0) is 14.0. The molecule has 0 amide bonds. The van der Waals surface area contributed by atoms with Crippen LogP contribution in [0.5, 0.6) is 0 Å². The van der Waals surface area contributed by atoms with E-state index in [2.05, 4.69) is 4.37 Å². The molecule has 0 aliphatic rings. The van der Waals surface area contributed by atoms with Crippen LogP contribution in [-0.4, -0.2) is 11.4 Å². The van der Waals surface area contributed by atoms with Crippen molar-refractivity contribution in [3.8, 4) is 6.07 Å². The minimum Gasteiger partial charge on any atom is -0.360 e. The Kier molecular flexibility index (Phi) is 4.03. The van der Waals surface area contributed by atoms with E-state index in [4.69, 9.17) is 16.9 Å². The highest BCUT2D eigenvalue weighted by Crippen LogP contribution is 2.31. The van der Waals surface area contributed by atoms with E-state index in [9.17, 15) is 4.39 Å². The first-order chi connectivity index (χ1) is 9.02. The van der Waals surface area contributed by atoms with Crippen LogP contribution >= 0.6 is 23.1 Å². The maximum absolute atomic E-state index is 13.5. The van der Waals surface area contributed by atoms with Crippen molar-refractivity contribution in [3.63, 3.8) is 0 Å². The molecular formula is C13H11ClFN3S. The summed E-state index contributed by atoms with van der Waals surface area (Å²) in [7, 11) is 1.82. The number of nitriles is 1. The fourth-order valence-electron chi connectivity index (χ4n) is 1.70. The standard InChI is InChI=1S/C13H11ClFN3S/c1-8-3-4-9(5-11(8)15)7-18(2)13-10(6-16)12(14)17-19-13/h3-5H,7H2,1-2H3. The Morgan fingerprint density at radius 2 is 2.26 bits per heavy atom. The summed E-state index contributed by atoms with van der Waals surface area (Å²) in [4.78, 5) is 1.84. The summed E-state index contributed by atoms with van der Waals surface area (Å²) in [5.74, 6) is -0.228. The average molecular weight is 296 g/mol. The summed E-state index contributed by atoms with van der Waals surface area (Å²) in [6.07, 6.45) is 0. The predicted octanol–water partition coefficient (Wildman–Crippen LogP) is 3.75. The Morgan fingerprint density at radius 3 is 2.89 bits per heavy atom. The second-order valence-corrected chi connectivity index (χ2v) is 5.31. The molecule has 1 aromatic heterocycles. The highest BCUT2D eigenvalue weighted by Gasteiger charge is 2.15. The zero-order valence-electron chi connectivity index (χ0n) is 10.4. The number of rotatable bonds is 3. The van der Waals surface area contributed by atoms with E-state index in [1.807, 2.05) is 24.1 Å². The molecule has 0 aliphatic carbocycles. The lowest BCUT2D eigenvalue weighted by atomic mass is 10.1. The SMILES string of the molecule is Cc1ccc(CN(C)c2snc(Cl)c2C#N)cc1F. The maximum atomic E-state index is 13.5. The van der Waals surface area contributed by atoms with Gasteiger partial charge in [-0.2, -0.15) is 9.64 Å². The van der Waals surface area contributed by atoms with E-state index in [0.717, 1.165) is 17.1 Å². The summed E-state index contributed by atoms with van der Waals surface area (Å²) >= 11 is 6.99. The van der Waals surface area contributed by atoms with E-state index < -0.39 is 0 Å². The topological polar surface area (TPSA) is 39.9 Å². The fourth-order valence-corrected chi connectivity index (χ4v) is 2.68. The van der Waals surface area contributed by atoms with Gasteiger partial charge in [0.05, 0.1) is 0 Å². The van der Waals surface area contributed by atoms with Gasteiger partial charge in [-0.3, -0.25) is 0 Å². The van der Waals surface area contributed by atoms with Gasteiger partial charge in [0.2, 0.25) is 0 Å². The Labute approximate surface area is 120 Å². The van der Waals surface area contributed by atoms with Crippen LogP contribution in [-0.2, 0) is 6.54 Å². The summed E-state index contributed by atoms with van der Waals surface area (Å²) < 4.78 is 17.4. The Bertz CT molecular complexity index is 648. The van der Waals surface area contributed by atoms with Crippen molar-refractivity contribution < 1.29 is 4.39 Å². The molecule has 2 rings (SSSR count). The molecule has 0 bridgehead atoms. The second-order valence-electron chi connectivity index (χ2n) is 4.20. The molecule has 98 valence electrons. The average Bonchev–Trinajstić information content (AvgIpc) is 2.75. The van der Waals surface area contributed by atoms with Crippen molar-refractivity contribution in [2.75, 3.05) is 11.9 Å². The first-order valence-corrected chi connectivity index (χ1v) is 6.69.